The Morgan fingerprint density at radius 3 is 1.83 bits per heavy atom. The molecule has 0 bridgehead atoms. The molecule has 2 aromatic rings. The molecule has 0 saturated carbocycles. The molecule has 0 aliphatic rings. The van der Waals surface area contributed by atoms with Crippen LogP contribution in [0.15, 0.2) is 42.0 Å². The average Bonchev–Trinajstić information content (AvgIpc) is 2.69. The molecule has 0 spiro atoms. The summed E-state index contributed by atoms with van der Waals surface area (Å²) in [6, 6.07) is 9.98. The highest BCUT2D eigenvalue weighted by Gasteiger charge is 2.21. The van der Waals surface area contributed by atoms with Gasteiger partial charge in [0.1, 0.15) is 17.1 Å². The van der Waals surface area contributed by atoms with Crippen molar-refractivity contribution in [1.29, 1.82) is 0 Å². The number of rotatable bonds is 8. The van der Waals surface area contributed by atoms with Gasteiger partial charge in [0.2, 0.25) is 0 Å². The van der Waals surface area contributed by atoms with Crippen LogP contribution in [0.1, 0.15) is 19.4 Å². The van der Waals surface area contributed by atoms with Crippen LogP contribution in [0.4, 0.5) is 11.4 Å². The molecule has 0 amide bonds. The topological polar surface area (TPSA) is 123 Å². The van der Waals surface area contributed by atoms with Crippen molar-refractivity contribution in [2.75, 3.05) is 31.8 Å². The molecular formula is C21H24N2O6. The predicted octanol–water partition coefficient (Wildman–Crippen LogP) is 3.16. The lowest BCUT2D eigenvalue weighted by Crippen LogP contribution is -2.18. The van der Waals surface area contributed by atoms with E-state index >= 15 is 0 Å². The Bertz CT molecular complexity index is 863. The lowest BCUT2D eigenvalue weighted by Gasteiger charge is -2.13. The number of esters is 2. The molecule has 0 aliphatic carbocycles. The Morgan fingerprint density at radius 1 is 0.897 bits per heavy atom. The van der Waals surface area contributed by atoms with Crippen LogP contribution in [0.5, 0.6) is 17.2 Å². The summed E-state index contributed by atoms with van der Waals surface area (Å²) in [7, 11) is 1.57. The molecule has 0 unspecified atom stereocenters. The van der Waals surface area contributed by atoms with Crippen molar-refractivity contribution < 1.29 is 28.5 Å². The van der Waals surface area contributed by atoms with Crippen molar-refractivity contribution in [2.45, 2.75) is 13.8 Å². The van der Waals surface area contributed by atoms with Gasteiger partial charge in [-0.05, 0) is 61.9 Å². The molecule has 154 valence electrons. The fourth-order valence-corrected chi connectivity index (χ4v) is 2.45. The van der Waals surface area contributed by atoms with Crippen molar-refractivity contribution in [3.8, 4) is 17.2 Å². The number of nitrogen functional groups attached to an aromatic ring is 2. The minimum absolute atomic E-state index is 0.120. The normalized spacial score (nSPS) is 10.0. The minimum Gasteiger partial charge on any atom is -0.497 e. The van der Waals surface area contributed by atoms with E-state index in [1.165, 1.54) is 18.2 Å². The van der Waals surface area contributed by atoms with Crippen molar-refractivity contribution in [3.05, 3.63) is 47.5 Å². The second-order valence-corrected chi connectivity index (χ2v) is 5.81. The first-order valence-corrected chi connectivity index (χ1v) is 8.96. The molecule has 2 rings (SSSR count). The zero-order chi connectivity index (χ0) is 21.4. The molecule has 0 fully saturated rings. The Hall–Kier alpha value is -3.68. The van der Waals surface area contributed by atoms with Crippen molar-refractivity contribution in [3.63, 3.8) is 0 Å². The SMILES string of the molecule is CCOC(=O)C(=Cc1cc(N)c(Oc2ccc(OC)cc2)c(N)c1)C(=O)OCC. The summed E-state index contributed by atoms with van der Waals surface area (Å²) >= 11 is 0. The van der Waals surface area contributed by atoms with Crippen LogP contribution in [0.2, 0.25) is 0 Å². The summed E-state index contributed by atoms with van der Waals surface area (Å²) in [5.74, 6) is -0.111. The van der Waals surface area contributed by atoms with Gasteiger partial charge in [-0.15, -0.1) is 0 Å². The Balaban J connectivity index is 2.35. The van der Waals surface area contributed by atoms with E-state index in [4.69, 9.17) is 30.4 Å². The third-order valence-corrected chi connectivity index (χ3v) is 3.75. The quantitative estimate of drug-likeness (QED) is 0.228. The van der Waals surface area contributed by atoms with E-state index in [-0.39, 0.29) is 35.9 Å². The molecule has 0 heterocycles. The Labute approximate surface area is 169 Å². The van der Waals surface area contributed by atoms with E-state index < -0.39 is 11.9 Å². The van der Waals surface area contributed by atoms with Gasteiger partial charge in [-0.1, -0.05) is 0 Å². The van der Waals surface area contributed by atoms with Crippen LogP contribution in [0.25, 0.3) is 6.08 Å². The van der Waals surface area contributed by atoms with Crippen LogP contribution >= 0.6 is 0 Å². The number of hydrogen-bond donors (Lipinski definition) is 2. The maximum Gasteiger partial charge on any atom is 0.345 e. The minimum atomic E-state index is -0.790. The Kier molecular flexibility index (Phi) is 7.47. The number of carbonyl (C=O) groups is 2. The van der Waals surface area contributed by atoms with E-state index in [9.17, 15) is 9.59 Å². The third kappa shape index (κ3) is 5.65. The van der Waals surface area contributed by atoms with E-state index in [1.807, 2.05) is 0 Å². The zero-order valence-corrected chi connectivity index (χ0v) is 16.6. The van der Waals surface area contributed by atoms with Gasteiger partial charge in [0.25, 0.3) is 0 Å². The maximum atomic E-state index is 12.1. The summed E-state index contributed by atoms with van der Waals surface area (Å²) in [5, 5.41) is 0. The summed E-state index contributed by atoms with van der Waals surface area (Å²) in [4.78, 5) is 24.2. The molecule has 2 aromatic carbocycles. The molecule has 8 heteroatoms. The Morgan fingerprint density at radius 2 is 1.38 bits per heavy atom. The molecule has 8 nitrogen and oxygen atoms in total. The third-order valence-electron chi connectivity index (χ3n) is 3.75. The zero-order valence-electron chi connectivity index (χ0n) is 16.6. The van der Waals surface area contributed by atoms with Gasteiger partial charge in [0, 0.05) is 0 Å². The molecule has 4 N–H and O–H groups in total. The highest BCUT2D eigenvalue weighted by atomic mass is 16.6. The van der Waals surface area contributed by atoms with Gasteiger partial charge in [0.15, 0.2) is 5.75 Å². The summed E-state index contributed by atoms with van der Waals surface area (Å²) in [6.07, 6.45) is 1.32. The molecule has 29 heavy (non-hydrogen) atoms. The molecular weight excluding hydrogens is 376 g/mol. The first kappa shape index (κ1) is 21.6. The monoisotopic (exact) mass is 400 g/mol. The summed E-state index contributed by atoms with van der Waals surface area (Å²) in [5.41, 5.74) is 12.8. The van der Waals surface area contributed by atoms with Gasteiger partial charge in [-0.25, -0.2) is 9.59 Å². The fourth-order valence-electron chi connectivity index (χ4n) is 2.45. The van der Waals surface area contributed by atoms with E-state index in [0.717, 1.165) is 0 Å². The fraction of sp³-hybridized carbons (Fsp3) is 0.238. The highest BCUT2D eigenvalue weighted by molar-refractivity contribution is 6.17. The van der Waals surface area contributed by atoms with Gasteiger partial charge in [0.05, 0.1) is 31.7 Å². The molecule has 0 radical (unpaired) electrons. The smallest absolute Gasteiger partial charge is 0.345 e. The van der Waals surface area contributed by atoms with Crippen LogP contribution in [0.3, 0.4) is 0 Å². The van der Waals surface area contributed by atoms with Crippen molar-refractivity contribution in [2.24, 2.45) is 0 Å². The molecule has 0 saturated heterocycles. The number of carbonyl (C=O) groups excluding carboxylic acids is 2. The van der Waals surface area contributed by atoms with Gasteiger partial charge in [-0.3, -0.25) is 0 Å². The lowest BCUT2D eigenvalue weighted by atomic mass is 10.1. The highest BCUT2D eigenvalue weighted by Crippen LogP contribution is 2.35. The largest absolute Gasteiger partial charge is 0.497 e. The number of benzene rings is 2. The second-order valence-electron chi connectivity index (χ2n) is 5.81. The average molecular weight is 400 g/mol. The summed E-state index contributed by atoms with van der Waals surface area (Å²) in [6.45, 7) is 3.52. The first-order chi connectivity index (χ1) is 13.9. The maximum absolute atomic E-state index is 12.1. The number of methoxy groups -OCH3 is 1. The molecule has 0 aliphatic heterocycles. The van der Waals surface area contributed by atoms with E-state index in [0.29, 0.717) is 17.1 Å². The van der Waals surface area contributed by atoms with E-state index in [2.05, 4.69) is 0 Å². The van der Waals surface area contributed by atoms with Crippen LogP contribution < -0.4 is 20.9 Å². The number of hydrogen-bond acceptors (Lipinski definition) is 8. The molecule has 0 aromatic heterocycles. The predicted molar refractivity (Wildman–Crippen MR) is 110 cm³/mol. The summed E-state index contributed by atoms with van der Waals surface area (Å²) < 4.78 is 20.7. The van der Waals surface area contributed by atoms with Crippen LogP contribution in [-0.4, -0.2) is 32.3 Å². The van der Waals surface area contributed by atoms with Gasteiger partial charge >= 0.3 is 11.9 Å². The van der Waals surface area contributed by atoms with Gasteiger partial charge in [-0.2, -0.15) is 0 Å². The van der Waals surface area contributed by atoms with Gasteiger partial charge < -0.3 is 30.4 Å². The first-order valence-electron chi connectivity index (χ1n) is 8.96. The van der Waals surface area contributed by atoms with E-state index in [1.54, 1.807) is 45.2 Å². The van der Waals surface area contributed by atoms with Crippen LogP contribution in [0, 0.1) is 0 Å². The van der Waals surface area contributed by atoms with Crippen LogP contribution in [-0.2, 0) is 19.1 Å². The number of nitrogens with two attached hydrogens (primary N) is 2. The molecule has 0 atom stereocenters. The standard InChI is InChI=1S/C21H24N2O6/c1-4-27-20(24)16(21(25)28-5-2)10-13-11-17(22)19(18(23)12-13)29-15-8-6-14(26-3)7-9-15/h6-12H,4-5,22-23H2,1-3H3. The van der Waals surface area contributed by atoms with Crippen molar-refractivity contribution >= 4 is 29.4 Å². The van der Waals surface area contributed by atoms with Crippen molar-refractivity contribution in [1.82, 2.24) is 0 Å². The lowest BCUT2D eigenvalue weighted by molar-refractivity contribution is -0.146. The number of ether oxygens (including phenoxy) is 4. The number of anilines is 2. The second kappa shape index (κ2) is 10.0.